The normalized spacial score (nSPS) is 31.4. The van der Waals surface area contributed by atoms with E-state index in [1.54, 1.807) is 0 Å². The molecule has 1 saturated heterocycles. The lowest BCUT2D eigenvalue weighted by Gasteiger charge is -2.09. The third-order valence-electron chi connectivity index (χ3n) is 1.88. The van der Waals surface area contributed by atoms with Gasteiger partial charge >= 0.3 is 0 Å². The fourth-order valence-corrected chi connectivity index (χ4v) is 1.38. The third kappa shape index (κ3) is 1.52. The average molecular weight is 151 g/mol. The first-order valence-electron chi connectivity index (χ1n) is 3.90. The molecule has 1 radical (unpaired) electrons. The molecule has 0 saturated carbocycles. The standard InChI is InChI=1S/C9H11O2/c1-7-5-8-3-2-4-9(6-8)11-10-7/h2-4,7H,5-6H2,1H3. The first kappa shape index (κ1) is 7.07. The maximum Gasteiger partial charge on any atom is 0.161 e. The lowest BCUT2D eigenvalue weighted by molar-refractivity contribution is -0.302. The molecule has 0 spiro atoms. The van der Waals surface area contributed by atoms with Gasteiger partial charge < -0.3 is 0 Å². The summed E-state index contributed by atoms with van der Waals surface area (Å²) in [5.41, 5.74) is 1.40. The molecule has 0 aromatic heterocycles. The Bertz CT molecular complexity index is 206. The summed E-state index contributed by atoms with van der Waals surface area (Å²) in [5.74, 6) is 0. The Balaban J connectivity index is 2.16. The molecule has 1 aliphatic carbocycles. The van der Waals surface area contributed by atoms with Crippen LogP contribution >= 0.6 is 0 Å². The van der Waals surface area contributed by atoms with Crippen LogP contribution < -0.4 is 0 Å². The van der Waals surface area contributed by atoms with Gasteiger partial charge in [0.25, 0.3) is 0 Å². The van der Waals surface area contributed by atoms with Crippen molar-refractivity contribution < 1.29 is 9.78 Å². The molecule has 1 atom stereocenters. The molecule has 0 aromatic rings. The number of fused-ring (bicyclic) bond motifs is 2. The highest BCUT2D eigenvalue weighted by molar-refractivity contribution is 5.27. The van der Waals surface area contributed by atoms with Crippen molar-refractivity contribution in [3.8, 4) is 0 Å². The number of allylic oxidation sites excluding steroid dienone is 2. The summed E-state index contributed by atoms with van der Waals surface area (Å²) < 4.78 is 0. The van der Waals surface area contributed by atoms with Crippen LogP contribution in [0.4, 0.5) is 0 Å². The van der Waals surface area contributed by atoms with E-state index in [0.29, 0.717) is 0 Å². The van der Waals surface area contributed by atoms with Gasteiger partial charge in [-0.15, -0.1) is 0 Å². The van der Waals surface area contributed by atoms with E-state index < -0.39 is 0 Å². The molecular weight excluding hydrogens is 140 g/mol. The SMILES string of the molecule is CC1CC2=CC=C[C](C2)OO1. The molecule has 2 rings (SSSR count). The summed E-state index contributed by atoms with van der Waals surface area (Å²) in [5, 5.41) is 0. The van der Waals surface area contributed by atoms with Crippen molar-refractivity contribution in [2.24, 2.45) is 0 Å². The average Bonchev–Trinajstić information content (AvgIpc) is 2.12. The Morgan fingerprint density at radius 3 is 3.36 bits per heavy atom. The van der Waals surface area contributed by atoms with E-state index in [1.807, 2.05) is 19.1 Å². The minimum Gasteiger partial charge on any atom is -0.232 e. The molecule has 2 nitrogen and oxygen atoms in total. The van der Waals surface area contributed by atoms with Gasteiger partial charge in [-0.1, -0.05) is 17.7 Å². The van der Waals surface area contributed by atoms with Gasteiger partial charge in [-0.3, -0.25) is 0 Å². The van der Waals surface area contributed by atoms with Gasteiger partial charge in [-0.25, -0.2) is 9.78 Å². The predicted molar refractivity (Wildman–Crippen MR) is 41.3 cm³/mol. The van der Waals surface area contributed by atoms with E-state index in [9.17, 15) is 0 Å². The Morgan fingerprint density at radius 1 is 1.55 bits per heavy atom. The first-order valence-corrected chi connectivity index (χ1v) is 3.90. The highest BCUT2D eigenvalue weighted by atomic mass is 17.2. The van der Waals surface area contributed by atoms with Crippen LogP contribution in [-0.4, -0.2) is 6.10 Å². The first-order chi connectivity index (χ1) is 5.34. The molecular formula is C9H11O2. The molecule has 1 fully saturated rings. The van der Waals surface area contributed by atoms with E-state index in [2.05, 4.69) is 6.08 Å². The largest absolute Gasteiger partial charge is 0.232 e. The zero-order valence-corrected chi connectivity index (χ0v) is 6.54. The molecule has 0 N–H and O–H groups in total. The molecule has 1 heterocycles. The highest BCUT2D eigenvalue weighted by Crippen LogP contribution is 2.29. The zero-order chi connectivity index (χ0) is 7.68. The summed E-state index contributed by atoms with van der Waals surface area (Å²) in [6, 6.07) is 0. The Hall–Kier alpha value is -0.600. The van der Waals surface area contributed by atoms with Crippen LogP contribution in [0.25, 0.3) is 0 Å². The summed E-state index contributed by atoms with van der Waals surface area (Å²) in [6.07, 6.45) is 9.09. The predicted octanol–water partition coefficient (Wildman–Crippen LogP) is 2.15. The van der Waals surface area contributed by atoms with Crippen molar-refractivity contribution in [3.63, 3.8) is 0 Å². The second kappa shape index (κ2) is 2.80. The molecule has 2 heteroatoms. The molecule has 0 aromatic carbocycles. The topological polar surface area (TPSA) is 18.5 Å². The van der Waals surface area contributed by atoms with Gasteiger partial charge in [0.05, 0.1) is 6.10 Å². The van der Waals surface area contributed by atoms with Crippen LogP contribution in [0, 0.1) is 6.10 Å². The molecule has 0 amide bonds. The summed E-state index contributed by atoms with van der Waals surface area (Å²) in [7, 11) is 0. The monoisotopic (exact) mass is 151 g/mol. The molecule has 59 valence electrons. The van der Waals surface area contributed by atoms with Crippen LogP contribution in [0.2, 0.25) is 0 Å². The van der Waals surface area contributed by atoms with E-state index in [-0.39, 0.29) is 6.10 Å². The number of hydrogen-bond acceptors (Lipinski definition) is 2. The molecule has 1 aliphatic heterocycles. The highest BCUT2D eigenvalue weighted by Gasteiger charge is 2.21. The van der Waals surface area contributed by atoms with Crippen LogP contribution in [0.1, 0.15) is 19.8 Å². The van der Waals surface area contributed by atoms with E-state index >= 15 is 0 Å². The molecule has 11 heavy (non-hydrogen) atoms. The maximum atomic E-state index is 5.09. The van der Waals surface area contributed by atoms with Gasteiger partial charge in [-0.2, -0.15) is 0 Å². The molecule has 2 aliphatic rings. The van der Waals surface area contributed by atoms with Crippen LogP contribution in [-0.2, 0) is 9.78 Å². The molecule has 2 bridgehead atoms. The van der Waals surface area contributed by atoms with Crippen molar-refractivity contribution in [2.45, 2.75) is 25.9 Å². The quantitative estimate of drug-likeness (QED) is 0.494. The van der Waals surface area contributed by atoms with Crippen molar-refractivity contribution in [1.29, 1.82) is 0 Å². The van der Waals surface area contributed by atoms with Crippen LogP contribution in [0.3, 0.4) is 0 Å². The summed E-state index contributed by atoms with van der Waals surface area (Å²) in [4.78, 5) is 10.2. The Kier molecular flexibility index (Phi) is 1.80. The smallest absolute Gasteiger partial charge is 0.161 e. The second-order valence-corrected chi connectivity index (χ2v) is 3.02. The minimum atomic E-state index is 0.179. The van der Waals surface area contributed by atoms with Crippen molar-refractivity contribution in [1.82, 2.24) is 0 Å². The van der Waals surface area contributed by atoms with Gasteiger partial charge in [0.1, 0.15) is 0 Å². The van der Waals surface area contributed by atoms with Gasteiger partial charge in [0.15, 0.2) is 6.10 Å². The van der Waals surface area contributed by atoms with Crippen molar-refractivity contribution in [2.75, 3.05) is 0 Å². The van der Waals surface area contributed by atoms with Gasteiger partial charge in [0.2, 0.25) is 0 Å². The second-order valence-electron chi connectivity index (χ2n) is 3.02. The van der Waals surface area contributed by atoms with Crippen molar-refractivity contribution >= 4 is 0 Å². The van der Waals surface area contributed by atoms with Crippen LogP contribution in [0.15, 0.2) is 23.8 Å². The van der Waals surface area contributed by atoms with Gasteiger partial charge in [-0.05, 0) is 19.4 Å². The Morgan fingerprint density at radius 2 is 2.45 bits per heavy atom. The van der Waals surface area contributed by atoms with Gasteiger partial charge in [0, 0.05) is 6.42 Å². The van der Waals surface area contributed by atoms with Crippen LogP contribution in [0.5, 0.6) is 0 Å². The fraction of sp³-hybridized carbons (Fsp3) is 0.444. The summed E-state index contributed by atoms with van der Waals surface area (Å²) >= 11 is 0. The number of hydrogen-bond donors (Lipinski definition) is 0. The third-order valence-corrected chi connectivity index (χ3v) is 1.88. The van der Waals surface area contributed by atoms with E-state index in [0.717, 1.165) is 18.9 Å². The lowest BCUT2D eigenvalue weighted by atomic mass is 9.98. The van der Waals surface area contributed by atoms with Crippen molar-refractivity contribution in [3.05, 3.63) is 29.9 Å². The fourth-order valence-electron chi connectivity index (χ4n) is 1.38. The maximum absolute atomic E-state index is 5.09. The van der Waals surface area contributed by atoms with E-state index in [1.165, 1.54) is 5.57 Å². The minimum absolute atomic E-state index is 0.179. The number of rotatable bonds is 0. The Labute approximate surface area is 66.4 Å². The van der Waals surface area contributed by atoms with E-state index in [4.69, 9.17) is 9.78 Å². The summed E-state index contributed by atoms with van der Waals surface area (Å²) in [6.45, 7) is 2.02. The molecule has 1 unspecified atom stereocenters. The zero-order valence-electron chi connectivity index (χ0n) is 6.54. The lowest BCUT2D eigenvalue weighted by Crippen LogP contribution is -2.05.